The quantitative estimate of drug-likeness (QED) is 0.276. The number of unbranched alkanes of at least 4 members (excludes halogenated alkanes) is 1. The number of halogens is 1. The van der Waals surface area contributed by atoms with Crippen LogP contribution >= 0.6 is 11.6 Å². The number of hydrogen-bond acceptors (Lipinski definition) is 6. The van der Waals surface area contributed by atoms with Gasteiger partial charge in [0.15, 0.2) is 0 Å². The highest BCUT2D eigenvalue weighted by molar-refractivity contribution is 6.34. The number of anilines is 1. The van der Waals surface area contributed by atoms with Gasteiger partial charge in [0.25, 0.3) is 17.5 Å². The predicted octanol–water partition coefficient (Wildman–Crippen LogP) is 5.75. The lowest BCUT2D eigenvalue weighted by Crippen LogP contribution is -2.29. The van der Waals surface area contributed by atoms with Gasteiger partial charge in [0.05, 0.1) is 27.8 Å². The Morgan fingerprint density at radius 3 is 2.06 bits per heavy atom. The van der Waals surface area contributed by atoms with Crippen molar-refractivity contribution in [3.05, 3.63) is 98.8 Å². The molecule has 9 heteroatoms. The highest BCUT2D eigenvalue weighted by Gasteiger charge is 2.36. The maximum absolute atomic E-state index is 12.1. The Morgan fingerprint density at radius 2 is 1.64 bits per heavy atom. The minimum absolute atomic E-state index is 0.0758. The zero-order valence-electron chi connectivity index (χ0n) is 18.1. The number of carbonyl (C=O) groups is 2. The summed E-state index contributed by atoms with van der Waals surface area (Å²) in [5.74, 6) is -0.561. The molecule has 0 saturated heterocycles. The monoisotopic (exact) mass is 464 g/mol. The van der Waals surface area contributed by atoms with E-state index in [9.17, 15) is 19.7 Å². The summed E-state index contributed by atoms with van der Waals surface area (Å²) in [4.78, 5) is 39.0. The van der Waals surface area contributed by atoms with Gasteiger partial charge in [-0.1, -0.05) is 30.7 Å². The second-order valence-corrected chi connectivity index (χ2v) is 7.20. The normalized spacial score (nSPS) is 11.4. The Labute approximate surface area is 196 Å². The van der Waals surface area contributed by atoms with Crippen molar-refractivity contribution in [1.82, 2.24) is 4.98 Å². The third kappa shape index (κ3) is 6.45. The molecule has 168 valence electrons. The van der Waals surface area contributed by atoms with Crippen LogP contribution in [0.25, 0.3) is 0 Å². The standard InChI is InChI=1S/C13H8N2O2.C7H6ClNO2.C4H7N/c16-12-10-3-1-2-4-11(10)13(17)15(12)9-5-7-14-8-6-9;1-5-4-6(9(10)11)2-3-7(5)8;1-2-3-4-5/h1-8H;2-4H,1H3;2-3H2,1H3. The summed E-state index contributed by atoms with van der Waals surface area (Å²) in [6.07, 6.45) is 4.79. The maximum atomic E-state index is 12.1. The Hall–Kier alpha value is -4.09. The van der Waals surface area contributed by atoms with E-state index in [2.05, 4.69) is 4.98 Å². The van der Waals surface area contributed by atoms with E-state index in [0.717, 1.165) is 12.0 Å². The van der Waals surface area contributed by atoms with Crippen molar-refractivity contribution in [2.45, 2.75) is 26.7 Å². The summed E-state index contributed by atoms with van der Waals surface area (Å²) in [5.41, 5.74) is 2.25. The molecular weight excluding hydrogens is 444 g/mol. The van der Waals surface area contributed by atoms with Gasteiger partial charge in [-0.15, -0.1) is 0 Å². The van der Waals surface area contributed by atoms with Crippen LogP contribution in [0.15, 0.2) is 67.0 Å². The number of nitro benzene ring substituents is 1. The van der Waals surface area contributed by atoms with E-state index >= 15 is 0 Å². The van der Waals surface area contributed by atoms with E-state index in [1.165, 1.54) is 23.1 Å². The number of aromatic nitrogens is 1. The minimum atomic E-state index is -0.441. The Bertz CT molecular complexity index is 1160. The third-order valence-corrected chi connectivity index (χ3v) is 4.85. The average Bonchev–Trinajstić information content (AvgIpc) is 3.08. The van der Waals surface area contributed by atoms with Crippen LogP contribution in [0, 0.1) is 28.4 Å². The number of nitro groups is 1. The van der Waals surface area contributed by atoms with E-state index in [-0.39, 0.29) is 17.5 Å². The molecule has 1 aliphatic rings. The fraction of sp³-hybridized carbons (Fsp3) is 0.167. The summed E-state index contributed by atoms with van der Waals surface area (Å²) in [5, 5.41) is 18.6. The zero-order chi connectivity index (χ0) is 24.4. The number of fused-ring (bicyclic) bond motifs is 1. The topological polar surface area (TPSA) is 117 Å². The first-order chi connectivity index (χ1) is 15.8. The Balaban J connectivity index is 0.000000207. The average molecular weight is 465 g/mol. The molecule has 1 aliphatic heterocycles. The number of non-ortho nitro benzene ring substituents is 1. The molecular formula is C24H21ClN4O4. The lowest BCUT2D eigenvalue weighted by atomic mass is 10.1. The summed E-state index contributed by atoms with van der Waals surface area (Å²) >= 11 is 5.66. The number of nitrogens with zero attached hydrogens (tertiary/aromatic N) is 4. The first-order valence-electron chi connectivity index (χ1n) is 9.97. The van der Waals surface area contributed by atoms with E-state index in [1.54, 1.807) is 55.7 Å². The number of imide groups is 1. The summed E-state index contributed by atoms with van der Waals surface area (Å²) in [6.45, 7) is 3.72. The molecule has 3 aromatic rings. The first kappa shape index (κ1) is 25.2. The summed E-state index contributed by atoms with van der Waals surface area (Å²) in [7, 11) is 0. The highest BCUT2D eigenvalue weighted by Crippen LogP contribution is 2.27. The fourth-order valence-corrected chi connectivity index (χ4v) is 2.89. The SMILES string of the molecule is CCCC#N.Cc1cc([N+](=O)[O-])ccc1Cl.O=C1c2ccccc2C(=O)N1c1ccncc1. The molecule has 0 spiro atoms. The first-order valence-corrected chi connectivity index (χ1v) is 10.3. The van der Waals surface area contributed by atoms with Crippen molar-refractivity contribution in [3.63, 3.8) is 0 Å². The van der Waals surface area contributed by atoms with Gasteiger partial charge < -0.3 is 0 Å². The molecule has 2 amide bonds. The fourth-order valence-electron chi connectivity index (χ4n) is 2.77. The van der Waals surface area contributed by atoms with Gasteiger partial charge in [0.2, 0.25) is 0 Å². The molecule has 1 aromatic heterocycles. The number of aryl methyl sites for hydroxylation is 1. The molecule has 0 radical (unpaired) electrons. The van der Waals surface area contributed by atoms with Crippen LogP contribution in [0.3, 0.4) is 0 Å². The molecule has 2 heterocycles. The van der Waals surface area contributed by atoms with Gasteiger partial charge in [-0.25, -0.2) is 4.90 Å². The molecule has 0 saturated carbocycles. The molecule has 0 unspecified atom stereocenters. The third-order valence-electron chi connectivity index (χ3n) is 4.43. The summed E-state index contributed by atoms with van der Waals surface area (Å²) < 4.78 is 0. The Morgan fingerprint density at radius 1 is 1.06 bits per heavy atom. The van der Waals surface area contributed by atoms with Gasteiger partial charge in [-0.3, -0.25) is 24.7 Å². The van der Waals surface area contributed by atoms with Crippen molar-refractivity contribution in [2.75, 3.05) is 4.90 Å². The van der Waals surface area contributed by atoms with Gasteiger partial charge in [0.1, 0.15) is 0 Å². The molecule has 0 bridgehead atoms. The highest BCUT2D eigenvalue weighted by atomic mass is 35.5. The van der Waals surface area contributed by atoms with Crippen LogP contribution in [0.2, 0.25) is 5.02 Å². The predicted molar refractivity (Wildman–Crippen MR) is 125 cm³/mol. The largest absolute Gasteiger partial charge is 0.269 e. The Kier molecular flexibility index (Phi) is 9.21. The molecule has 0 aliphatic carbocycles. The maximum Gasteiger partial charge on any atom is 0.269 e. The van der Waals surface area contributed by atoms with E-state index in [4.69, 9.17) is 16.9 Å². The second kappa shape index (κ2) is 12.1. The molecule has 4 rings (SSSR count). The number of rotatable bonds is 3. The second-order valence-electron chi connectivity index (χ2n) is 6.80. The smallest absolute Gasteiger partial charge is 0.268 e. The van der Waals surface area contributed by atoms with Crippen molar-refractivity contribution in [1.29, 1.82) is 5.26 Å². The lowest BCUT2D eigenvalue weighted by molar-refractivity contribution is -0.384. The van der Waals surface area contributed by atoms with E-state index < -0.39 is 4.92 Å². The molecule has 2 aromatic carbocycles. The zero-order valence-corrected chi connectivity index (χ0v) is 18.8. The van der Waals surface area contributed by atoms with Gasteiger partial charge in [-0.2, -0.15) is 5.26 Å². The molecule has 33 heavy (non-hydrogen) atoms. The molecule has 0 atom stereocenters. The van der Waals surface area contributed by atoms with Crippen molar-refractivity contribution in [3.8, 4) is 6.07 Å². The molecule has 8 nitrogen and oxygen atoms in total. The van der Waals surface area contributed by atoms with Crippen molar-refractivity contribution < 1.29 is 14.5 Å². The molecule has 0 fully saturated rings. The molecule has 0 N–H and O–H groups in total. The number of nitriles is 1. The van der Waals surface area contributed by atoms with Crippen LogP contribution < -0.4 is 4.90 Å². The van der Waals surface area contributed by atoms with E-state index in [0.29, 0.717) is 28.3 Å². The number of amides is 2. The van der Waals surface area contributed by atoms with E-state index in [1.807, 2.05) is 13.0 Å². The number of benzene rings is 2. The number of hydrogen-bond donors (Lipinski definition) is 0. The van der Waals surface area contributed by atoms with Gasteiger partial charge >= 0.3 is 0 Å². The lowest BCUT2D eigenvalue weighted by Gasteiger charge is -2.12. The minimum Gasteiger partial charge on any atom is -0.268 e. The van der Waals surface area contributed by atoms with Crippen molar-refractivity contribution in [2.24, 2.45) is 0 Å². The van der Waals surface area contributed by atoms with Crippen LogP contribution in [0.4, 0.5) is 11.4 Å². The van der Waals surface area contributed by atoms with Crippen LogP contribution in [-0.2, 0) is 0 Å². The summed E-state index contributed by atoms with van der Waals surface area (Å²) in [6, 6.07) is 16.5. The van der Waals surface area contributed by atoms with Gasteiger partial charge in [0, 0.05) is 36.0 Å². The number of carbonyl (C=O) groups excluding carboxylic acids is 2. The van der Waals surface area contributed by atoms with Crippen LogP contribution in [0.5, 0.6) is 0 Å². The van der Waals surface area contributed by atoms with Crippen LogP contribution in [0.1, 0.15) is 46.0 Å². The number of pyridine rings is 1. The van der Waals surface area contributed by atoms with Crippen molar-refractivity contribution >= 4 is 34.8 Å². The van der Waals surface area contributed by atoms with Crippen LogP contribution in [-0.4, -0.2) is 21.7 Å². The van der Waals surface area contributed by atoms with Gasteiger partial charge in [-0.05, 0) is 49.2 Å².